The molecule has 0 radical (unpaired) electrons. The lowest BCUT2D eigenvalue weighted by Gasteiger charge is -2.19. The van der Waals surface area contributed by atoms with Gasteiger partial charge in [0.25, 0.3) is 0 Å². The summed E-state index contributed by atoms with van der Waals surface area (Å²) in [5, 5.41) is 10.1. The lowest BCUT2D eigenvalue weighted by Crippen LogP contribution is -2.34. The van der Waals surface area contributed by atoms with E-state index in [2.05, 4.69) is 20.9 Å². The maximum absolute atomic E-state index is 9.24. The topological polar surface area (TPSA) is 59.1 Å². The molecule has 0 fully saturated rings. The van der Waals surface area contributed by atoms with Crippen molar-refractivity contribution in [2.75, 3.05) is 6.61 Å². The lowest BCUT2D eigenvalue weighted by atomic mass is 10.2. The van der Waals surface area contributed by atoms with E-state index in [1.54, 1.807) is 6.20 Å². The highest BCUT2D eigenvalue weighted by Gasteiger charge is 2.18. The average molecular weight is 291 g/mol. The minimum absolute atomic E-state index is 0.00111. The van der Waals surface area contributed by atoms with Gasteiger partial charge in [-0.15, -0.1) is 0 Å². The molecule has 1 rings (SSSR count). The van der Waals surface area contributed by atoms with Crippen LogP contribution in [0.25, 0.3) is 0 Å². The van der Waals surface area contributed by atoms with E-state index < -0.39 is 0 Å². The van der Waals surface area contributed by atoms with Crippen LogP contribution in [0.1, 0.15) is 13.3 Å². The van der Waals surface area contributed by atoms with E-state index >= 15 is 0 Å². The highest BCUT2D eigenvalue weighted by Crippen LogP contribution is 2.29. The molecule has 84 valence electrons. The van der Waals surface area contributed by atoms with Crippen molar-refractivity contribution in [2.24, 2.45) is 5.73 Å². The van der Waals surface area contributed by atoms with Crippen LogP contribution < -0.4 is 5.73 Å². The molecule has 3 N–H and O–H groups in total. The molecule has 2 unspecified atom stereocenters. The smallest absolute Gasteiger partial charge is 0.111 e. The van der Waals surface area contributed by atoms with Crippen LogP contribution >= 0.6 is 27.7 Å². The quantitative estimate of drug-likeness (QED) is 0.815. The zero-order chi connectivity index (χ0) is 11.3. The molecule has 0 amide bonds. The van der Waals surface area contributed by atoms with Crippen molar-refractivity contribution in [2.45, 2.75) is 29.7 Å². The Hall–Kier alpha value is -0.100. The number of rotatable bonds is 5. The second kappa shape index (κ2) is 6.48. The molecule has 0 aliphatic carbocycles. The van der Waals surface area contributed by atoms with Gasteiger partial charge in [-0.2, -0.15) is 0 Å². The minimum atomic E-state index is -0.00564. The fourth-order valence-corrected chi connectivity index (χ4v) is 2.69. The number of aromatic nitrogens is 1. The van der Waals surface area contributed by atoms with Crippen molar-refractivity contribution in [3.8, 4) is 0 Å². The molecule has 3 nitrogen and oxygen atoms in total. The van der Waals surface area contributed by atoms with Crippen molar-refractivity contribution >= 4 is 27.7 Å². The van der Waals surface area contributed by atoms with Gasteiger partial charge in [0.15, 0.2) is 0 Å². The number of thioether (sulfide) groups is 1. The van der Waals surface area contributed by atoms with Crippen molar-refractivity contribution < 1.29 is 5.11 Å². The van der Waals surface area contributed by atoms with E-state index in [1.165, 1.54) is 11.8 Å². The molecular formula is C10H15BrN2OS. The second-order valence-electron chi connectivity index (χ2n) is 3.20. The number of hydrogen-bond donors (Lipinski definition) is 2. The summed E-state index contributed by atoms with van der Waals surface area (Å²) in [4.78, 5) is 4.23. The molecule has 2 atom stereocenters. The maximum Gasteiger partial charge on any atom is 0.111 e. The van der Waals surface area contributed by atoms with Gasteiger partial charge in [-0.3, -0.25) is 0 Å². The predicted molar refractivity (Wildman–Crippen MR) is 66.9 cm³/mol. The monoisotopic (exact) mass is 290 g/mol. The molecule has 1 aromatic heterocycles. The molecule has 0 spiro atoms. The molecule has 0 saturated heterocycles. The summed E-state index contributed by atoms with van der Waals surface area (Å²) in [5.74, 6) is 0. The largest absolute Gasteiger partial charge is 0.395 e. The van der Waals surface area contributed by atoms with Gasteiger partial charge in [-0.05, 0) is 34.5 Å². The third kappa shape index (κ3) is 3.75. The Bertz CT molecular complexity index is 311. The van der Waals surface area contributed by atoms with Crippen LogP contribution in [0.2, 0.25) is 0 Å². The molecule has 0 saturated carbocycles. The first-order chi connectivity index (χ1) is 7.19. The van der Waals surface area contributed by atoms with Crippen LogP contribution in [0.4, 0.5) is 0 Å². The molecule has 1 heterocycles. The molecular weight excluding hydrogens is 276 g/mol. The molecule has 0 bridgehead atoms. The number of halogens is 1. The Kier molecular flexibility index (Phi) is 5.60. The predicted octanol–water partition coefficient (Wildman–Crippen LogP) is 2.03. The van der Waals surface area contributed by atoms with Crippen LogP contribution in [0.15, 0.2) is 27.8 Å². The first-order valence-electron chi connectivity index (χ1n) is 4.82. The van der Waals surface area contributed by atoms with Gasteiger partial charge in [-0.1, -0.05) is 18.7 Å². The SMILES string of the molecule is CCC(N)C(CO)Sc1ncccc1Br. The molecule has 0 aromatic carbocycles. The van der Waals surface area contributed by atoms with E-state index in [4.69, 9.17) is 5.73 Å². The van der Waals surface area contributed by atoms with E-state index in [0.29, 0.717) is 0 Å². The number of nitrogens with zero attached hydrogens (tertiary/aromatic N) is 1. The van der Waals surface area contributed by atoms with E-state index in [0.717, 1.165) is 15.9 Å². The van der Waals surface area contributed by atoms with E-state index in [9.17, 15) is 5.11 Å². The number of aliphatic hydroxyl groups excluding tert-OH is 1. The molecule has 1 aromatic rings. The lowest BCUT2D eigenvalue weighted by molar-refractivity contribution is 0.281. The van der Waals surface area contributed by atoms with E-state index in [-0.39, 0.29) is 17.9 Å². The Balaban J connectivity index is 2.71. The van der Waals surface area contributed by atoms with Crippen molar-refractivity contribution in [3.05, 3.63) is 22.8 Å². The summed E-state index contributed by atoms with van der Waals surface area (Å²) < 4.78 is 0.941. The summed E-state index contributed by atoms with van der Waals surface area (Å²) in [6.45, 7) is 2.09. The molecule has 0 aliphatic heterocycles. The second-order valence-corrected chi connectivity index (χ2v) is 5.28. The van der Waals surface area contributed by atoms with Crippen molar-refractivity contribution in [1.29, 1.82) is 0 Å². The highest BCUT2D eigenvalue weighted by atomic mass is 79.9. The van der Waals surface area contributed by atoms with Gasteiger partial charge in [-0.25, -0.2) is 4.98 Å². The Labute approximate surface area is 103 Å². The number of pyridine rings is 1. The first kappa shape index (κ1) is 13.0. The van der Waals surface area contributed by atoms with Crippen molar-refractivity contribution in [3.63, 3.8) is 0 Å². The molecule has 5 heteroatoms. The van der Waals surface area contributed by atoms with Gasteiger partial charge >= 0.3 is 0 Å². The standard InChI is InChI=1S/C10H15BrN2OS/c1-2-8(12)9(6-14)15-10-7(11)4-3-5-13-10/h3-5,8-9,14H,2,6,12H2,1H3. The fraction of sp³-hybridized carbons (Fsp3) is 0.500. The van der Waals surface area contributed by atoms with Crippen LogP contribution in [-0.4, -0.2) is 28.0 Å². The number of nitrogens with two attached hydrogens (primary N) is 1. The Morgan fingerprint density at radius 2 is 2.40 bits per heavy atom. The normalized spacial score (nSPS) is 14.9. The van der Waals surface area contributed by atoms with Gasteiger partial charge in [0.1, 0.15) is 5.03 Å². The maximum atomic E-state index is 9.24. The fourth-order valence-electron chi connectivity index (χ4n) is 1.12. The van der Waals surface area contributed by atoms with Crippen LogP contribution in [-0.2, 0) is 0 Å². The van der Waals surface area contributed by atoms with Crippen LogP contribution in [0, 0.1) is 0 Å². The average Bonchev–Trinajstić information content (AvgIpc) is 2.27. The van der Waals surface area contributed by atoms with E-state index in [1.807, 2.05) is 19.1 Å². The van der Waals surface area contributed by atoms with Crippen LogP contribution in [0.5, 0.6) is 0 Å². The third-order valence-electron chi connectivity index (χ3n) is 2.12. The summed E-state index contributed by atoms with van der Waals surface area (Å²) in [5.41, 5.74) is 5.90. The Morgan fingerprint density at radius 1 is 1.67 bits per heavy atom. The van der Waals surface area contributed by atoms with Crippen LogP contribution in [0.3, 0.4) is 0 Å². The highest BCUT2D eigenvalue weighted by molar-refractivity contribution is 9.10. The van der Waals surface area contributed by atoms with Gasteiger partial charge in [0, 0.05) is 22.0 Å². The van der Waals surface area contributed by atoms with Gasteiger partial charge in [0.05, 0.1) is 6.61 Å². The van der Waals surface area contributed by atoms with Gasteiger partial charge < -0.3 is 10.8 Å². The number of hydrogen-bond acceptors (Lipinski definition) is 4. The number of aliphatic hydroxyl groups is 1. The summed E-state index contributed by atoms with van der Waals surface area (Å²) >= 11 is 4.93. The zero-order valence-electron chi connectivity index (χ0n) is 8.56. The first-order valence-corrected chi connectivity index (χ1v) is 6.50. The summed E-state index contributed by atoms with van der Waals surface area (Å²) in [7, 11) is 0. The Morgan fingerprint density at radius 3 is 2.93 bits per heavy atom. The molecule has 15 heavy (non-hydrogen) atoms. The summed E-state index contributed by atoms with van der Waals surface area (Å²) in [6, 6.07) is 3.79. The third-order valence-corrected chi connectivity index (χ3v) is 4.37. The summed E-state index contributed by atoms with van der Waals surface area (Å²) in [6.07, 6.45) is 2.58. The van der Waals surface area contributed by atoms with Gasteiger partial charge in [0.2, 0.25) is 0 Å². The zero-order valence-corrected chi connectivity index (χ0v) is 11.0. The minimum Gasteiger partial charge on any atom is -0.395 e. The molecule has 0 aliphatic rings. The van der Waals surface area contributed by atoms with Crippen molar-refractivity contribution in [1.82, 2.24) is 4.98 Å².